The van der Waals surface area contributed by atoms with Crippen LogP contribution in [0.4, 0.5) is 0 Å². The van der Waals surface area contributed by atoms with E-state index in [9.17, 15) is 0 Å². The van der Waals surface area contributed by atoms with E-state index in [4.69, 9.17) is 27.2 Å². The fourth-order valence-corrected chi connectivity index (χ4v) is 1.49. The Morgan fingerprint density at radius 2 is 2.31 bits per heavy atom. The van der Waals surface area contributed by atoms with Gasteiger partial charge in [0.2, 0.25) is 0 Å². The maximum atomic E-state index is 8.75. The van der Waals surface area contributed by atoms with Crippen LogP contribution in [-0.2, 0) is 6.54 Å². The van der Waals surface area contributed by atoms with Crippen LogP contribution in [0.15, 0.2) is 18.2 Å². The molecule has 0 aromatic heterocycles. The van der Waals surface area contributed by atoms with Gasteiger partial charge in [-0.3, -0.25) is 0 Å². The van der Waals surface area contributed by atoms with Crippen molar-refractivity contribution in [3.05, 3.63) is 28.8 Å². The van der Waals surface area contributed by atoms with Crippen LogP contribution in [0.5, 0.6) is 5.75 Å². The summed E-state index contributed by atoms with van der Waals surface area (Å²) in [6, 6.07) is 5.29. The topological polar surface area (TPSA) is 67.5 Å². The van der Waals surface area contributed by atoms with Crippen LogP contribution in [0.3, 0.4) is 0 Å². The van der Waals surface area contributed by atoms with Crippen molar-refractivity contribution in [1.29, 1.82) is 0 Å². The van der Waals surface area contributed by atoms with Crippen molar-refractivity contribution < 1.29 is 9.84 Å². The molecule has 0 aliphatic rings. The van der Waals surface area contributed by atoms with Crippen LogP contribution in [0.1, 0.15) is 5.56 Å². The molecule has 4 nitrogen and oxygen atoms in total. The highest BCUT2D eigenvalue weighted by Gasteiger charge is 2.03. The third kappa shape index (κ3) is 3.98. The van der Waals surface area contributed by atoms with Gasteiger partial charge in [0.1, 0.15) is 5.75 Å². The molecule has 0 radical (unpaired) electrons. The Morgan fingerprint density at radius 3 is 2.88 bits per heavy atom. The predicted molar refractivity (Wildman–Crippen MR) is 64.8 cm³/mol. The minimum atomic E-state index is -0.239. The Balaban J connectivity index is 2.48. The molecule has 0 spiro atoms. The average molecular weight is 245 g/mol. The summed E-state index contributed by atoms with van der Waals surface area (Å²) in [5.74, 6) is 0.737. The molecule has 1 aromatic carbocycles. The van der Waals surface area contributed by atoms with Gasteiger partial charge >= 0.3 is 0 Å². The number of halogens is 1. The van der Waals surface area contributed by atoms with E-state index >= 15 is 0 Å². The lowest BCUT2D eigenvalue weighted by molar-refractivity contribution is 0.262. The van der Waals surface area contributed by atoms with Gasteiger partial charge in [-0.2, -0.15) is 0 Å². The van der Waals surface area contributed by atoms with Crippen LogP contribution in [0.25, 0.3) is 0 Å². The molecule has 0 bridgehead atoms. The average Bonchev–Trinajstić information content (AvgIpc) is 2.30. The number of rotatable bonds is 6. The number of nitrogens with one attached hydrogen (secondary N) is 1. The number of benzene rings is 1. The second-order valence-corrected chi connectivity index (χ2v) is 3.94. The third-order valence-corrected chi connectivity index (χ3v) is 2.57. The van der Waals surface area contributed by atoms with Crippen molar-refractivity contribution in [1.82, 2.24) is 5.32 Å². The van der Waals surface area contributed by atoms with E-state index < -0.39 is 0 Å². The lowest BCUT2D eigenvalue weighted by Crippen LogP contribution is -2.36. The van der Waals surface area contributed by atoms with Crippen molar-refractivity contribution in [3.8, 4) is 5.75 Å². The molecule has 1 atom stereocenters. The van der Waals surface area contributed by atoms with Gasteiger partial charge in [0.15, 0.2) is 0 Å². The molecule has 5 heteroatoms. The zero-order chi connectivity index (χ0) is 12.0. The zero-order valence-corrected chi connectivity index (χ0v) is 10.00. The van der Waals surface area contributed by atoms with E-state index in [1.807, 2.05) is 12.1 Å². The van der Waals surface area contributed by atoms with Gasteiger partial charge in [-0.15, -0.1) is 0 Å². The van der Waals surface area contributed by atoms with Gasteiger partial charge in [-0.05, 0) is 17.7 Å². The summed E-state index contributed by atoms with van der Waals surface area (Å²) >= 11 is 6.06. The number of ether oxygens (including phenoxy) is 1. The minimum absolute atomic E-state index is 0.0245. The SMILES string of the molecule is COc1ccc(CNCC(N)CO)c(Cl)c1. The van der Waals surface area contributed by atoms with Crippen molar-refractivity contribution in [2.24, 2.45) is 5.73 Å². The number of hydrogen-bond acceptors (Lipinski definition) is 4. The Bertz CT molecular complexity index is 334. The molecular formula is C11H17ClN2O2. The van der Waals surface area contributed by atoms with Crippen molar-refractivity contribution in [3.63, 3.8) is 0 Å². The van der Waals surface area contributed by atoms with Gasteiger partial charge in [-0.1, -0.05) is 17.7 Å². The molecule has 0 amide bonds. The standard InChI is InChI=1S/C11H17ClN2O2/c1-16-10-3-2-8(11(12)4-10)5-14-6-9(13)7-15/h2-4,9,14-15H,5-7,13H2,1H3. The Morgan fingerprint density at radius 1 is 1.56 bits per heavy atom. The van der Waals surface area contributed by atoms with Gasteiger partial charge in [0.05, 0.1) is 13.7 Å². The monoisotopic (exact) mass is 244 g/mol. The van der Waals surface area contributed by atoms with Gasteiger partial charge in [0.25, 0.3) is 0 Å². The van der Waals surface area contributed by atoms with E-state index in [0.717, 1.165) is 11.3 Å². The van der Waals surface area contributed by atoms with Crippen molar-refractivity contribution in [2.75, 3.05) is 20.3 Å². The van der Waals surface area contributed by atoms with E-state index in [1.165, 1.54) is 0 Å². The third-order valence-electron chi connectivity index (χ3n) is 2.22. The number of methoxy groups -OCH3 is 1. The molecule has 1 unspecified atom stereocenters. The molecule has 0 fully saturated rings. The molecule has 1 aromatic rings. The maximum Gasteiger partial charge on any atom is 0.120 e. The van der Waals surface area contributed by atoms with Crippen LogP contribution >= 0.6 is 11.6 Å². The molecule has 1 rings (SSSR count). The smallest absolute Gasteiger partial charge is 0.120 e. The molecular weight excluding hydrogens is 228 g/mol. The summed E-state index contributed by atoms with van der Waals surface area (Å²) in [6.07, 6.45) is 0. The van der Waals surface area contributed by atoms with Crippen molar-refractivity contribution in [2.45, 2.75) is 12.6 Å². The summed E-state index contributed by atoms with van der Waals surface area (Å²) < 4.78 is 5.05. The van der Waals surface area contributed by atoms with E-state index in [-0.39, 0.29) is 12.6 Å². The molecule has 0 saturated carbocycles. The van der Waals surface area contributed by atoms with Crippen LogP contribution in [0, 0.1) is 0 Å². The van der Waals surface area contributed by atoms with E-state index in [1.54, 1.807) is 13.2 Å². The highest BCUT2D eigenvalue weighted by molar-refractivity contribution is 6.31. The number of aliphatic hydroxyl groups excluding tert-OH is 1. The van der Waals surface area contributed by atoms with Gasteiger partial charge in [-0.25, -0.2) is 0 Å². The fourth-order valence-electron chi connectivity index (χ4n) is 1.26. The fraction of sp³-hybridized carbons (Fsp3) is 0.455. The van der Waals surface area contributed by atoms with E-state index in [2.05, 4.69) is 5.32 Å². The normalized spacial score (nSPS) is 12.5. The molecule has 0 aliphatic heterocycles. The molecule has 4 N–H and O–H groups in total. The zero-order valence-electron chi connectivity index (χ0n) is 9.24. The summed E-state index contributed by atoms with van der Waals surface area (Å²) in [5.41, 5.74) is 6.53. The first-order valence-electron chi connectivity index (χ1n) is 5.07. The van der Waals surface area contributed by atoms with Gasteiger partial charge in [0, 0.05) is 24.2 Å². The Labute approximate surface area is 100 Å². The molecule has 0 saturated heterocycles. The second-order valence-electron chi connectivity index (χ2n) is 3.53. The quantitative estimate of drug-likeness (QED) is 0.691. The highest BCUT2D eigenvalue weighted by atomic mass is 35.5. The minimum Gasteiger partial charge on any atom is -0.497 e. The van der Waals surface area contributed by atoms with Crippen LogP contribution in [0.2, 0.25) is 5.02 Å². The predicted octanol–water partition coefficient (Wildman–Crippen LogP) is 0.758. The Hall–Kier alpha value is -0.810. The summed E-state index contributed by atoms with van der Waals surface area (Å²) in [4.78, 5) is 0. The molecule has 16 heavy (non-hydrogen) atoms. The Kier molecular flexibility index (Phi) is 5.55. The number of nitrogens with two attached hydrogens (primary N) is 1. The summed E-state index contributed by atoms with van der Waals surface area (Å²) in [5, 5.41) is 12.5. The molecule has 0 aliphatic carbocycles. The number of aliphatic hydroxyl groups is 1. The first kappa shape index (κ1) is 13.3. The van der Waals surface area contributed by atoms with E-state index in [0.29, 0.717) is 18.1 Å². The van der Waals surface area contributed by atoms with Crippen molar-refractivity contribution >= 4 is 11.6 Å². The second kappa shape index (κ2) is 6.70. The molecule has 90 valence electrons. The van der Waals surface area contributed by atoms with Gasteiger partial charge < -0.3 is 20.9 Å². The first-order chi connectivity index (χ1) is 7.67. The van der Waals surface area contributed by atoms with Crippen LogP contribution < -0.4 is 15.8 Å². The highest BCUT2D eigenvalue weighted by Crippen LogP contribution is 2.21. The maximum absolute atomic E-state index is 8.75. The summed E-state index contributed by atoms with van der Waals surface area (Å²) in [7, 11) is 1.60. The van der Waals surface area contributed by atoms with Crippen LogP contribution in [-0.4, -0.2) is 31.4 Å². The lowest BCUT2D eigenvalue weighted by Gasteiger charge is -2.11. The molecule has 0 heterocycles. The lowest BCUT2D eigenvalue weighted by atomic mass is 10.2. The summed E-state index contributed by atoms with van der Waals surface area (Å²) in [6.45, 7) is 1.15. The first-order valence-corrected chi connectivity index (χ1v) is 5.44. The number of hydrogen-bond donors (Lipinski definition) is 3. The largest absolute Gasteiger partial charge is 0.497 e.